The Hall–Kier alpha value is -1.88. The number of fused-ring (bicyclic) bond motifs is 1. The molecule has 0 aromatic carbocycles. The van der Waals surface area contributed by atoms with Gasteiger partial charge in [-0.3, -0.25) is 4.79 Å². The van der Waals surface area contributed by atoms with Crippen LogP contribution in [-0.2, 0) is 11.2 Å². The molecule has 1 saturated heterocycles. The Morgan fingerprint density at radius 3 is 2.91 bits per heavy atom. The fourth-order valence-corrected chi connectivity index (χ4v) is 3.01. The minimum Gasteiger partial charge on any atom is -0.356 e. The van der Waals surface area contributed by atoms with Crippen LogP contribution < -0.4 is 5.32 Å². The molecule has 2 aromatic rings. The van der Waals surface area contributed by atoms with Crippen LogP contribution in [0, 0.1) is 0 Å². The number of carbonyl (C=O) groups is 1. The molecular formula is C17H24N4O. The Bertz CT molecular complexity index is 583. The van der Waals surface area contributed by atoms with E-state index >= 15 is 0 Å². The number of nitrogens with zero attached hydrogens (tertiary/aromatic N) is 3. The highest BCUT2D eigenvalue weighted by Gasteiger charge is 2.10. The minimum atomic E-state index is 0.0575. The Morgan fingerprint density at radius 2 is 2.09 bits per heavy atom. The number of hydrogen-bond donors (Lipinski definition) is 1. The molecule has 0 radical (unpaired) electrons. The number of amides is 1. The zero-order chi connectivity index (χ0) is 15.2. The number of imidazole rings is 1. The van der Waals surface area contributed by atoms with Crippen LogP contribution in [0.25, 0.3) is 5.65 Å². The van der Waals surface area contributed by atoms with Crippen molar-refractivity contribution in [2.24, 2.45) is 0 Å². The fourth-order valence-electron chi connectivity index (χ4n) is 3.01. The zero-order valence-corrected chi connectivity index (χ0v) is 13.0. The lowest BCUT2D eigenvalue weighted by Gasteiger charge is -2.26. The lowest BCUT2D eigenvalue weighted by molar-refractivity contribution is -0.120. The van der Waals surface area contributed by atoms with Gasteiger partial charge in [0.15, 0.2) is 0 Å². The number of likely N-dealkylation sites (tertiary alicyclic amines) is 1. The van der Waals surface area contributed by atoms with Gasteiger partial charge in [-0.2, -0.15) is 0 Å². The third-order valence-corrected chi connectivity index (χ3v) is 4.18. The Morgan fingerprint density at radius 1 is 1.23 bits per heavy atom. The van der Waals surface area contributed by atoms with Crippen molar-refractivity contribution in [2.75, 3.05) is 26.2 Å². The standard InChI is InChI=1S/C17H24N4O/c22-17(18-8-6-11-20-9-3-1-4-10-20)13-15-14-21-12-5-2-7-16(21)19-15/h2,5,7,12,14H,1,3-4,6,8-11,13H2,(H,18,22). The summed E-state index contributed by atoms with van der Waals surface area (Å²) in [6, 6.07) is 5.85. The number of nitrogens with one attached hydrogen (secondary N) is 1. The van der Waals surface area contributed by atoms with Gasteiger partial charge >= 0.3 is 0 Å². The molecule has 0 aliphatic carbocycles. The highest BCUT2D eigenvalue weighted by Crippen LogP contribution is 2.08. The van der Waals surface area contributed by atoms with Crippen LogP contribution in [-0.4, -0.2) is 46.4 Å². The second-order valence-corrected chi connectivity index (χ2v) is 5.98. The summed E-state index contributed by atoms with van der Waals surface area (Å²) in [6.45, 7) is 4.28. The van der Waals surface area contributed by atoms with Gasteiger partial charge < -0.3 is 14.6 Å². The van der Waals surface area contributed by atoms with Crippen LogP contribution >= 0.6 is 0 Å². The predicted molar refractivity (Wildman–Crippen MR) is 86.8 cm³/mol. The summed E-state index contributed by atoms with van der Waals surface area (Å²) in [5.74, 6) is 0.0575. The van der Waals surface area contributed by atoms with Crippen LogP contribution in [0.4, 0.5) is 0 Å². The van der Waals surface area contributed by atoms with Crippen molar-refractivity contribution >= 4 is 11.6 Å². The summed E-state index contributed by atoms with van der Waals surface area (Å²) in [5.41, 5.74) is 1.70. The maximum Gasteiger partial charge on any atom is 0.226 e. The van der Waals surface area contributed by atoms with E-state index in [2.05, 4.69) is 15.2 Å². The van der Waals surface area contributed by atoms with Gasteiger partial charge in [0.1, 0.15) is 5.65 Å². The third-order valence-electron chi connectivity index (χ3n) is 4.18. The normalized spacial score (nSPS) is 16.0. The lowest BCUT2D eigenvalue weighted by Crippen LogP contribution is -2.33. The number of hydrogen-bond acceptors (Lipinski definition) is 3. The Kier molecular flexibility index (Phi) is 5.06. The number of rotatable bonds is 6. The molecule has 1 N–H and O–H groups in total. The first-order chi connectivity index (χ1) is 10.8. The molecule has 1 amide bonds. The van der Waals surface area contributed by atoms with Gasteiger partial charge in [-0.25, -0.2) is 4.98 Å². The van der Waals surface area contributed by atoms with Gasteiger partial charge in [0, 0.05) is 18.9 Å². The molecule has 1 aliphatic rings. The average Bonchev–Trinajstić information content (AvgIpc) is 2.94. The van der Waals surface area contributed by atoms with E-state index in [1.807, 2.05) is 35.0 Å². The van der Waals surface area contributed by atoms with Crippen molar-refractivity contribution in [1.29, 1.82) is 0 Å². The van der Waals surface area contributed by atoms with Gasteiger partial charge in [0.25, 0.3) is 0 Å². The number of pyridine rings is 1. The number of carbonyl (C=O) groups excluding carboxylic acids is 1. The SMILES string of the molecule is O=C(Cc1cn2ccccc2n1)NCCCN1CCCCC1. The van der Waals surface area contributed by atoms with Crippen LogP contribution in [0.1, 0.15) is 31.4 Å². The summed E-state index contributed by atoms with van der Waals surface area (Å²) in [5, 5.41) is 3.00. The first-order valence-corrected chi connectivity index (χ1v) is 8.23. The van der Waals surface area contributed by atoms with E-state index in [-0.39, 0.29) is 5.91 Å². The van der Waals surface area contributed by atoms with Gasteiger partial charge in [0.05, 0.1) is 12.1 Å². The van der Waals surface area contributed by atoms with Crippen LogP contribution in [0.2, 0.25) is 0 Å². The summed E-state index contributed by atoms with van der Waals surface area (Å²) in [7, 11) is 0. The quantitative estimate of drug-likeness (QED) is 0.829. The van der Waals surface area contributed by atoms with Gasteiger partial charge in [-0.15, -0.1) is 0 Å². The van der Waals surface area contributed by atoms with E-state index in [4.69, 9.17) is 0 Å². The molecule has 118 valence electrons. The largest absolute Gasteiger partial charge is 0.356 e. The van der Waals surface area contributed by atoms with Crippen molar-refractivity contribution in [3.63, 3.8) is 0 Å². The van der Waals surface area contributed by atoms with Gasteiger partial charge in [0.2, 0.25) is 5.91 Å². The maximum absolute atomic E-state index is 12.0. The number of piperidine rings is 1. The molecule has 5 heteroatoms. The van der Waals surface area contributed by atoms with Gasteiger partial charge in [-0.05, 0) is 51.0 Å². The molecule has 3 heterocycles. The van der Waals surface area contributed by atoms with E-state index in [0.29, 0.717) is 6.42 Å². The van der Waals surface area contributed by atoms with E-state index in [9.17, 15) is 4.79 Å². The van der Waals surface area contributed by atoms with Crippen molar-refractivity contribution in [3.8, 4) is 0 Å². The van der Waals surface area contributed by atoms with E-state index in [1.54, 1.807) is 0 Å². The minimum absolute atomic E-state index is 0.0575. The van der Waals surface area contributed by atoms with E-state index in [1.165, 1.54) is 32.4 Å². The molecule has 2 aromatic heterocycles. The van der Waals surface area contributed by atoms with E-state index in [0.717, 1.165) is 30.9 Å². The van der Waals surface area contributed by atoms with Crippen molar-refractivity contribution in [2.45, 2.75) is 32.1 Å². The summed E-state index contributed by atoms with van der Waals surface area (Å²) >= 11 is 0. The molecule has 0 unspecified atom stereocenters. The average molecular weight is 300 g/mol. The van der Waals surface area contributed by atoms with E-state index < -0.39 is 0 Å². The third kappa shape index (κ3) is 4.07. The molecule has 5 nitrogen and oxygen atoms in total. The first kappa shape index (κ1) is 15.0. The molecular weight excluding hydrogens is 276 g/mol. The van der Waals surface area contributed by atoms with Crippen LogP contribution in [0.5, 0.6) is 0 Å². The molecule has 0 spiro atoms. The number of aromatic nitrogens is 2. The van der Waals surface area contributed by atoms with Crippen molar-refractivity contribution < 1.29 is 4.79 Å². The fraction of sp³-hybridized carbons (Fsp3) is 0.529. The Labute approximate surface area is 131 Å². The smallest absolute Gasteiger partial charge is 0.226 e. The highest BCUT2D eigenvalue weighted by molar-refractivity contribution is 5.78. The predicted octanol–water partition coefficient (Wildman–Crippen LogP) is 1.87. The molecule has 22 heavy (non-hydrogen) atoms. The van der Waals surface area contributed by atoms with Crippen LogP contribution in [0.15, 0.2) is 30.6 Å². The molecule has 0 saturated carbocycles. The summed E-state index contributed by atoms with van der Waals surface area (Å²) < 4.78 is 1.94. The monoisotopic (exact) mass is 300 g/mol. The molecule has 1 fully saturated rings. The molecule has 0 bridgehead atoms. The summed E-state index contributed by atoms with van der Waals surface area (Å²) in [6.07, 6.45) is 9.25. The van der Waals surface area contributed by atoms with Crippen molar-refractivity contribution in [3.05, 3.63) is 36.3 Å². The highest BCUT2D eigenvalue weighted by atomic mass is 16.1. The first-order valence-electron chi connectivity index (χ1n) is 8.23. The molecule has 0 atom stereocenters. The Balaban J connectivity index is 1.38. The summed E-state index contributed by atoms with van der Waals surface area (Å²) in [4.78, 5) is 18.9. The lowest BCUT2D eigenvalue weighted by atomic mass is 10.1. The molecule has 1 aliphatic heterocycles. The second kappa shape index (κ2) is 7.40. The topological polar surface area (TPSA) is 49.6 Å². The second-order valence-electron chi connectivity index (χ2n) is 5.98. The zero-order valence-electron chi connectivity index (χ0n) is 13.0. The van der Waals surface area contributed by atoms with Gasteiger partial charge in [-0.1, -0.05) is 12.5 Å². The van der Waals surface area contributed by atoms with Crippen molar-refractivity contribution in [1.82, 2.24) is 19.6 Å². The van der Waals surface area contributed by atoms with Crippen LogP contribution in [0.3, 0.4) is 0 Å². The molecule has 3 rings (SSSR count). The maximum atomic E-state index is 12.0.